The molecule has 0 aromatic heterocycles. The van der Waals surface area contributed by atoms with Crippen molar-refractivity contribution in [2.45, 2.75) is 50.4 Å². The summed E-state index contributed by atoms with van der Waals surface area (Å²) in [5.41, 5.74) is 1.31. The van der Waals surface area contributed by atoms with E-state index in [0.717, 1.165) is 15.5 Å². The summed E-state index contributed by atoms with van der Waals surface area (Å²) < 4.78 is 6.31. The number of thioether (sulfide) groups is 1. The predicted molar refractivity (Wildman–Crippen MR) is 91.8 cm³/mol. The van der Waals surface area contributed by atoms with Gasteiger partial charge in [0.2, 0.25) is 0 Å². The number of rotatable bonds is 6. The minimum Gasteiger partial charge on any atom is -0.496 e. The Labute approximate surface area is 135 Å². The molecule has 0 heterocycles. The van der Waals surface area contributed by atoms with Crippen LogP contribution in [-0.4, -0.2) is 24.2 Å². The van der Waals surface area contributed by atoms with Crippen LogP contribution in [0, 0.1) is 0 Å². The summed E-state index contributed by atoms with van der Waals surface area (Å²) in [7, 11) is 1.70. The maximum absolute atomic E-state index is 5.28. The van der Waals surface area contributed by atoms with Crippen LogP contribution in [0.2, 0.25) is 0 Å². The molecule has 0 aliphatic heterocycles. The molecular formula is C16H24BrNOS. The molecule has 3 unspecified atom stereocenters. The Morgan fingerprint density at radius 3 is 2.90 bits per heavy atom. The topological polar surface area (TPSA) is 21.3 Å². The van der Waals surface area contributed by atoms with Crippen LogP contribution in [0.25, 0.3) is 0 Å². The SMILES string of the molecule is CCSC1CCC(NC(C)c2ccc(OC)c(Br)c2)C1. The van der Waals surface area contributed by atoms with Crippen LogP contribution in [0.1, 0.15) is 44.7 Å². The highest BCUT2D eigenvalue weighted by Crippen LogP contribution is 2.32. The summed E-state index contributed by atoms with van der Waals surface area (Å²) >= 11 is 5.67. The Bertz CT molecular complexity index is 440. The summed E-state index contributed by atoms with van der Waals surface area (Å²) in [6, 6.07) is 7.38. The zero-order chi connectivity index (χ0) is 14.5. The van der Waals surface area contributed by atoms with Gasteiger partial charge in [0.15, 0.2) is 0 Å². The van der Waals surface area contributed by atoms with Crippen molar-refractivity contribution in [3.63, 3.8) is 0 Å². The molecule has 0 amide bonds. The van der Waals surface area contributed by atoms with Crippen LogP contribution < -0.4 is 10.1 Å². The zero-order valence-electron chi connectivity index (χ0n) is 12.5. The van der Waals surface area contributed by atoms with Gasteiger partial charge in [-0.25, -0.2) is 0 Å². The van der Waals surface area contributed by atoms with Crippen molar-refractivity contribution in [1.29, 1.82) is 0 Å². The van der Waals surface area contributed by atoms with Crippen LogP contribution in [0.4, 0.5) is 0 Å². The lowest BCUT2D eigenvalue weighted by Crippen LogP contribution is -2.29. The first kappa shape index (κ1) is 16.2. The van der Waals surface area contributed by atoms with E-state index in [2.05, 4.69) is 59.0 Å². The Morgan fingerprint density at radius 1 is 1.45 bits per heavy atom. The van der Waals surface area contributed by atoms with E-state index in [1.54, 1.807) is 7.11 Å². The van der Waals surface area contributed by atoms with Gasteiger partial charge in [-0.3, -0.25) is 0 Å². The van der Waals surface area contributed by atoms with Gasteiger partial charge in [-0.1, -0.05) is 13.0 Å². The summed E-state index contributed by atoms with van der Waals surface area (Å²) in [4.78, 5) is 0. The fourth-order valence-corrected chi connectivity index (χ4v) is 4.58. The van der Waals surface area contributed by atoms with E-state index in [-0.39, 0.29) is 0 Å². The van der Waals surface area contributed by atoms with Crippen LogP contribution in [0.3, 0.4) is 0 Å². The van der Waals surface area contributed by atoms with E-state index in [4.69, 9.17) is 4.74 Å². The number of nitrogens with one attached hydrogen (secondary N) is 1. The Morgan fingerprint density at radius 2 is 2.25 bits per heavy atom. The normalized spacial score (nSPS) is 23.8. The number of hydrogen-bond donors (Lipinski definition) is 1. The second-order valence-electron chi connectivity index (χ2n) is 5.37. The van der Waals surface area contributed by atoms with Gasteiger partial charge >= 0.3 is 0 Å². The van der Waals surface area contributed by atoms with E-state index in [0.29, 0.717) is 12.1 Å². The highest BCUT2D eigenvalue weighted by molar-refractivity contribution is 9.10. The summed E-state index contributed by atoms with van der Waals surface area (Å²) in [6.07, 6.45) is 3.97. The molecule has 0 bridgehead atoms. The summed E-state index contributed by atoms with van der Waals surface area (Å²) in [5, 5.41) is 4.63. The number of halogens is 1. The highest BCUT2D eigenvalue weighted by Gasteiger charge is 2.25. The first-order chi connectivity index (χ1) is 9.63. The van der Waals surface area contributed by atoms with E-state index in [1.807, 2.05) is 6.07 Å². The number of hydrogen-bond acceptors (Lipinski definition) is 3. The van der Waals surface area contributed by atoms with Crippen LogP contribution in [0.15, 0.2) is 22.7 Å². The number of benzene rings is 1. The lowest BCUT2D eigenvalue weighted by atomic mass is 10.1. The quantitative estimate of drug-likeness (QED) is 0.791. The Balaban J connectivity index is 1.92. The molecule has 0 saturated heterocycles. The first-order valence-corrected chi connectivity index (χ1v) is 9.19. The smallest absolute Gasteiger partial charge is 0.133 e. The molecule has 0 spiro atoms. The third-order valence-electron chi connectivity index (χ3n) is 3.95. The van der Waals surface area contributed by atoms with Crippen molar-refractivity contribution in [3.05, 3.63) is 28.2 Å². The molecular weight excluding hydrogens is 334 g/mol. The minimum atomic E-state index is 0.382. The van der Waals surface area contributed by atoms with Gasteiger partial charge in [0.1, 0.15) is 5.75 Å². The zero-order valence-corrected chi connectivity index (χ0v) is 14.9. The van der Waals surface area contributed by atoms with Crippen molar-refractivity contribution in [2.24, 2.45) is 0 Å². The largest absolute Gasteiger partial charge is 0.496 e. The van der Waals surface area contributed by atoms with E-state index >= 15 is 0 Å². The Kier molecular flexibility index (Phi) is 6.24. The van der Waals surface area contributed by atoms with Crippen LogP contribution >= 0.6 is 27.7 Å². The summed E-state index contributed by atoms with van der Waals surface area (Å²) in [5.74, 6) is 2.12. The van der Waals surface area contributed by atoms with Crippen LogP contribution in [-0.2, 0) is 0 Å². The molecule has 1 aliphatic rings. The monoisotopic (exact) mass is 357 g/mol. The molecule has 1 saturated carbocycles. The second-order valence-corrected chi connectivity index (χ2v) is 7.80. The third kappa shape index (κ3) is 4.15. The van der Waals surface area contributed by atoms with E-state index in [9.17, 15) is 0 Å². The maximum atomic E-state index is 5.28. The molecule has 20 heavy (non-hydrogen) atoms. The lowest BCUT2D eigenvalue weighted by molar-refractivity contribution is 0.411. The molecule has 112 valence electrons. The van der Waals surface area contributed by atoms with Gasteiger partial charge in [-0.15, -0.1) is 0 Å². The van der Waals surface area contributed by atoms with Crippen LogP contribution in [0.5, 0.6) is 5.75 Å². The Hall–Kier alpha value is -0.190. The standard InChI is InChI=1S/C16H24BrNOS/c1-4-20-14-7-6-13(10-14)18-11(2)12-5-8-16(19-3)15(17)9-12/h5,8-9,11,13-14,18H,4,6-7,10H2,1-3H3. The molecule has 4 heteroatoms. The fourth-order valence-electron chi connectivity index (χ4n) is 2.88. The molecule has 1 aliphatic carbocycles. The van der Waals surface area contributed by atoms with Crippen molar-refractivity contribution >= 4 is 27.7 Å². The van der Waals surface area contributed by atoms with Gasteiger partial charge in [-0.2, -0.15) is 11.8 Å². The first-order valence-electron chi connectivity index (χ1n) is 7.35. The number of methoxy groups -OCH3 is 1. The molecule has 2 nitrogen and oxygen atoms in total. The average molecular weight is 358 g/mol. The average Bonchev–Trinajstić information content (AvgIpc) is 2.86. The van der Waals surface area contributed by atoms with Gasteiger partial charge in [0, 0.05) is 17.3 Å². The number of ether oxygens (including phenoxy) is 1. The molecule has 1 aromatic rings. The van der Waals surface area contributed by atoms with Gasteiger partial charge in [0.25, 0.3) is 0 Å². The predicted octanol–water partition coefficient (Wildman–Crippen LogP) is 4.78. The fraction of sp³-hybridized carbons (Fsp3) is 0.625. The van der Waals surface area contributed by atoms with Crippen molar-refractivity contribution in [1.82, 2.24) is 5.32 Å². The summed E-state index contributed by atoms with van der Waals surface area (Å²) in [6.45, 7) is 4.50. The maximum Gasteiger partial charge on any atom is 0.133 e. The molecule has 1 aromatic carbocycles. The van der Waals surface area contributed by atoms with Crippen molar-refractivity contribution < 1.29 is 4.74 Å². The third-order valence-corrected chi connectivity index (χ3v) is 5.80. The van der Waals surface area contributed by atoms with E-state index < -0.39 is 0 Å². The molecule has 0 radical (unpaired) electrons. The molecule has 1 N–H and O–H groups in total. The van der Waals surface area contributed by atoms with Gasteiger partial charge in [0.05, 0.1) is 11.6 Å². The molecule has 2 rings (SSSR count). The van der Waals surface area contributed by atoms with Gasteiger partial charge < -0.3 is 10.1 Å². The molecule has 3 atom stereocenters. The van der Waals surface area contributed by atoms with Crippen molar-refractivity contribution in [3.8, 4) is 5.75 Å². The lowest BCUT2D eigenvalue weighted by Gasteiger charge is -2.20. The van der Waals surface area contributed by atoms with Crippen molar-refractivity contribution in [2.75, 3.05) is 12.9 Å². The molecule has 1 fully saturated rings. The van der Waals surface area contributed by atoms with E-state index in [1.165, 1.54) is 30.6 Å². The highest BCUT2D eigenvalue weighted by atomic mass is 79.9. The van der Waals surface area contributed by atoms with Gasteiger partial charge in [-0.05, 0) is 65.6 Å². The minimum absolute atomic E-state index is 0.382. The second kappa shape index (κ2) is 7.71.